The van der Waals surface area contributed by atoms with E-state index in [2.05, 4.69) is 20.7 Å². The molecule has 2 aromatic rings. The summed E-state index contributed by atoms with van der Waals surface area (Å²) in [6.45, 7) is 0.0255. The van der Waals surface area contributed by atoms with Gasteiger partial charge >= 0.3 is 5.97 Å². The quantitative estimate of drug-likeness (QED) is 0.736. The van der Waals surface area contributed by atoms with Gasteiger partial charge in [0.05, 0.1) is 19.1 Å². The van der Waals surface area contributed by atoms with Gasteiger partial charge in [-0.2, -0.15) is 0 Å². The van der Waals surface area contributed by atoms with Crippen molar-refractivity contribution in [1.29, 1.82) is 0 Å². The number of sulfonamides is 1. The SMILES string of the molecule is COC(=O)c1cc(CNS(=O)(=O)c2ccccc2Br)ccc1OC. The molecule has 0 heterocycles. The summed E-state index contributed by atoms with van der Waals surface area (Å²) in [5, 5.41) is 0. The molecule has 0 amide bonds. The van der Waals surface area contributed by atoms with Crippen molar-refractivity contribution in [1.82, 2.24) is 4.72 Å². The maximum atomic E-state index is 12.4. The van der Waals surface area contributed by atoms with Crippen LogP contribution in [0.2, 0.25) is 0 Å². The second kappa shape index (κ2) is 7.78. The lowest BCUT2D eigenvalue weighted by Gasteiger charge is -2.11. The van der Waals surface area contributed by atoms with Gasteiger partial charge in [0, 0.05) is 11.0 Å². The topological polar surface area (TPSA) is 81.7 Å². The molecule has 0 unspecified atom stereocenters. The predicted molar refractivity (Wildman–Crippen MR) is 92.5 cm³/mol. The fourth-order valence-electron chi connectivity index (χ4n) is 2.05. The summed E-state index contributed by atoms with van der Waals surface area (Å²) in [6, 6.07) is 11.3. The predicted octanol–water partition coefficient (Wildman–Crippen LogP) is 2.72. The molecule has 0 bridgehead atoms. The molecule has 0 radical (unpaired) electrons. The number of hydrogen-bond donors (Lipinski definition) is 1. The van der Waals surface area contributed by atoms with Crippen LogP contribution in [-0.2, 0) is 21.3 Å². The lowest BCUT2D eigenvalue weighted by atomic mass is 10.1. The van der Waals surface area contributed by atoms with Gasteiger partial charge in [0.2, 0.25) is 10.0 Å². The van der Waals surface area contributed by atoms with Crippen LogP contribution in [0.4, 0.5) is 0 Å². The van der Waals surface area contributed by atoms with Crippen molar-refractivity contribution >= 4 is 31.9 Å². The minimum absolute atomic E-state index is 0.0255. The van der Waals surface area contributed by atoms with Gasteiger partial charge in [-0.3, -0.25) is 0 Å². The Morgan fingerprint density at radius 1 is 1.17 bits per heavy atom. The Labute approximate surface area is 149 Å². The Balaban J connectivity index is 2.23. The van der Waals surface area contributed by atoms with Gasteiger partial charge in [-0.25, -0.2) is 17.9 Å². The van der Waals surface area contributed by atoms with Crippen molar-refractivity contribution in [3.8, 4) is 5.75 Å². The molecule has 0 atom stereocenters. The molecular formula is C16H16BrNO5S. The number of hydrogen-bond acceptors (Lipinski definition) is 5. The van der Waals surface area contributed by atoms with E-state index in [1.54, 1.807) is 30.3 Å². The average molecular weight is 414 g/mol. The number of halogens is 1. The Kier molecular flexibility index (Phi) is 5.98. The van der Waals surface area contributed by atoms with Crippen molar-refractivity contribution < 1.29 is 22.7 Å². The zero-order valence-corrected chi connectivity index (χ0v) is 15.5. The first-order valence-electron chi connectivity index (χ1n) is 6.88. The molecule has 0 aliphatic carbocycles. The summed E-state index contributed by atoms with van der Waals surface area (Å²) in [5.41, 5.74) is 0.837. The number of rotatable bonds is 6. The second-order valence-electron chi connectivity index (χ2n) is 4.78. The molecule has 24 heavy (non-hydrogen) atoms. The zero-order chi connectivity index (χ0) is 17.7. The van der Waals surface area contributed by atoms with Crippen molar-refractivity contribution in [3.63, 3.8) is 0 Å². The van der Waals surface area contributed by atoms with Crippen molar-refractivity contribution in [2.24, 2.45) is 0 Å². The van der Waals surface area contributed by atoms with Crippen LogP contribution in [0.15, 0.2) is 51.8 Å². The maximum Gasteiger partial charge on any atom is 0.341 e. The zero-order valence-electron chi connectivity index (χ0n) is 13.1. The van der Waals surface area contributed by atoms with Gasteiger partial charge in [0.15, 0.2) is 0 Å². The molecule has 0 aliphatic rings. The smallest absolute Gasteiger partial charge is 0.341 e. The van der Waals surface area contributed by atoms with E-state index < -0.39 is 16.0 Å². The number of benzene rings is 2. The molecule has 0 aromatic heterocycles. The molecule has 2 rings (SSSR count). The second-order valence-corrected chi connectivity index (χ2v) is 7.37. The highest BCUT2D eigenvalue weighted by molar-refractivity contribution is 9.10. The summed E-state index contributed by atoms with van der Waals surface area (Å²) in [7, 11) is -0.978. The molecule has 0 fully saturated rings. The number of carbonyl (C=O) groups is 1. The first-order chi connectivity index (χ1) is 11.4. The number of esters is 1. The van der Waals surface area contributed by atoms with Gasteiger partial charge in [0.1, 0.15) is 11.3 Å². The fourth-order valence-corrected chi connectivity index (χ4v) is 4.07. The molecule has 0 aliphatic heterocycles. The average Bonchev–Trinajstić information content (AvgIpc) is 2.59. The van der Waals surface area contributed by atoms with E-state index in [1.165, 1.54) is 26.4 Å². The minimum Gasteiger partial charge on any atom is -0.496 e. The molecule has 2 aromatic carbocycles. The molecular weight excluding hydrogens is 398 g/mol. The van der Waals surface area contributed by atoms with Crippen LogP contribution < -0.4 is 9.46 Å². The van der Waals surface area contributed by atoms with Crippen molar-refractivity contribution in [2.45, 2.75) is 11.4 Å². The first-order valence-corrected chi connectivity index (χ1v) is 9.16. The fraction of sp³-hybridized carbons (Fsp3) is 0.188. The van der Waals surface area contributed by atoms with Gasteiger partial charge in [-0.1, -0.05) is 18.2 Å². The number of ether oxygens (including phenoxy) is 2. The summed E-state index contributed by atoms with van der Waals surface area (Å²) in [6.07, 6.45) is 0. The van der Waals surface area contributed by atoms with Crippen molar-refractivity contribution in [2.75, 3.05) is 14.2 Å². The molecule has 6 nitrogen and oxygen atoms in total. The van der Waals surface area contributed by atoms with Crippen LogP contribution >= 0.6 is 15.9 Å². The summed E-state index contributed by atoms with van der Waals surface area (Å²) >= 11 is 3.22. The third-order valence-electron chi connectivity index (χ3n) is 3.26. The van der Waals surface area contributed by atoms with Crippen molar-refractivity contribution in [3.05, 3.63) is 58.1 Å². The molecule has 8 heteroatoms. The van der Waals surface area contributed by atoms with E-state index in [-0.39, 0.29) is 17.0 Å². The molecule has 0 spiro atoms. The monoisotopic (exact) mass is 413 g/mol. The Morgan fingerprint density at radius 3 is 2.50 bits per heavy atom. The van der Waals surface area contributed by atoms with Crippen LogP contribution in [0.1, 0.15) is 15.9 Å². The summed E-state index contributed by atoms with van der Waals surface area (Å²) in [5.74, 6) is -0.193. The van der Waals surface area contributed by atoms with Crippen LogP contribution in [0, 0.1) is 0 Å². The van der Waals surface area contributed by atoms with E-state index >= 15 is 0 Å². The van der Waals surface area contributed by atoms with Crippen LogP contribution in [0.3, 0.4) is 0 Å². The van der Waals surface area contributed by atoms with Crippen LogP contribution in [0.5, 0.6) is 5.75 Å². The largest absolute Gasteiger partial charge is 0.496 e. The van der Waals surface area contributed by atoms with Gasteiger partial charge in [0.25, 0.3) is 0 Å². The van der Waals surface area contributed by atoms with Gasteiger partial charge in [-0.15, -0.1) is 0 Å². The summed E-state index contributed by atoms with van der Waals surface area (Å²) < 4.78 is 37.5. The van der Waals surface area contributed by atoms with E-state index in [1.807, 2.05) is 0 Å². The molecule has 0 saturated heterocycles. The van der Waals surface area contributed by atoms with Crippen LogP contribution in [0.25, 0.3) is 0 Å². The maximum absolute atomic E-state index is 12.4. The van der Waals surface area contributed by atoms with E-state index in [4.69, 9.17) is 9.47 Å². The normalized spacial score (nSPS) is 11.1. The Morgan fingerprint density at radius 2 is 1.88 bits per heavy atom. The third kappa shape index (κ3) is 4.14. The molecule has 0 saturated carbocycles. The van der Waals surface area contributed by atoms with E-state index in [9.17, 15) is 13.2 Å². The first kappa shape index (κ1) is 18.4. The van der Waals surface area contributed by atoms with Crippen LogP contribution in [-0.4, -0.2) is 28.6 Å². The van der Waals surface area contributed by atoms with E-state index in [0.717, 1.165) is 0 Å². The Bertz CT molecular complexity index is 851. The molecule has 128 valence electrons. The lowest BCUT2D eigenvalue weighted by Crippen LogP contribution is -2.23. The van der Waals surface area contributed by atoms with E-state index in [0.29, 0.717) is 15.8 Å². The van der Waals surface area contributed by atoms with Gasteiger partial charge < -0.3 is 9.47 Å². The summed E-state index contributed by atoms with van der Waals surface area (Å²) in [4.78, 5) is 11.9. The van der Waals surface area contributed by atoms with Gasteiger partial charge in [-0.05, 0) is 45.8 Å². The number of methoxy groups -OCH3 is 2. The highest BCUT2D eigenvalue weighted by Crippen LogP contribution is 2.23. The highest BCUT2D eigenvalue weighted by Gasteiger charge is 2.18. The lowest BCUT2D eigenvalue weighted by molar-refractivity contribution is 0.0597. The highest BCUT2D eigenvalue weighted by atomic mass is 79.9. The standard InChI is InChI=1S/C16H16BrNO5S/c1-22-14-8-7-11(9-12(14)16(19)23-2)10-18-24(20,21)15-6-4-3-5-13(15)17/h3-9,18H,10H2,1-2H3. The molecule has 1 N–H and O–H groups in total. The number of nitrogens with one attached hydrogen (secondary N) is 1. The number of carbonyl (C=O) groups excluding carboxylic acids is 1. The Hall–Kier alpha value is -1.90. The minimum atomic E-state index is -3.69. The third-order valence-corrected chi connectivity index (χ3v) is 5.68.